The highest BCUT2D eigenvalue weighted by molar-refractivity contribution is 6.30. The van der Waals surface area contributed by atoms with E-state index >= 15 is 0 Å². The molecule has 8 heteroatoms. The maximum absolute atomic E-state index is 11.8. The number of nitrogens with one attached hydrogen (secondary N) is 1. The van der Waals surface area contributed by atoms with Gasteiger partial charge in [-0.05, 0) is 36.4 Å². The van der Waals surface area contributed by atoms with Gasteiger partial charge in [-0.1, -0.05) is 35.0 Å². The molecular weight excluding hydrogens is 358 g/mol. The first-order chi connectivity index (χ1) is 12.6. The molecule has 0 saturated heterocycles. The van der Waals surface area contributed by atoms with Crippen LogP contribution in [0, 0.1) is 0 Å². The Bertz CT molecular complexity index is 894. The van der Waals surface area contributed by atoms with Crippen LogP contribution >= 0.6 is 11.6 Å². The molecule has 1 N–H and O–H groups in total. The molecule has 0 radical (unpaired) electrons. The Hall–Kier alpha value is -3.19. The topological polar surface area (TPSA) is 94.3 Å². The fourth-order valence-corrected chi connectivity index (χ4v) is 2.19. The maximum atomic E-state index is 11.8. The average Bonchev–Trinajstić information content (AvgIpc) is 3.14. The molecule has 0 aliphatic carbocycles. The number of esters is 1. The van der Waals surface area contributed by atoms with Crippen molar-refractivity contribution >= 4 is 23.5 Å². The third-order valence-corrected chi connectivity index (χ3v) is 3.61. The number of nitrogens with zero attached hydrogens (tertiary/aromatic N) is 2. The zero-order chi connectivity index (χ0) is 18.4. The Morgan fingerprint density at radius 2 is 1.81 bits per heavy atom. The van der Waals surface area contributed by atoms with Gasteiger partial charge in [0.1, 0.15) is 6.54 Å². The van der Waals surface area contributed by atoms with Crippen LogP contribution in [0.2, 0.25) is 5.02 Å². The quantitative estimate of drug-likeness (QED) is 0.669. The third-order valence-electron chi connectivity index (χ3n) is 3.36. The first kappa shape index (κ1) is 17.6. The van der Waals surface area contributed by atoms with Gasteiger partial charge in [0.15, 0.2) is 6.61 Å². The van der Waals surface area contributed by atoms with Gasteiger partial charge in [0, 0.05) is 16.1 Å². The second kappa shape index (κ2) is 8.26. The van der Waals surface area contributed by atoms with Crippen LogP contribution in [0.15, 0.2) is 59.1 Å². The van der Waals surface area contributed by atoms with Crippen molar-refractivity contribution in [3.8, 4) is 11.4 Å². The first-order valence-electron chi connectivity index (χ1n) is 7.69. The summed E-state index contributed by atoms with van der Waals surface area (Å²) in [4.78, 5) is 27.7. The van der Waals surface area contributed by atoms with E-state index < -0.39 is 5.97 Å². The summed E-state index contributed by atoms with van der Waals surface area (Å²) in [7, 11) is 0. The number of carbonyl (C=O) groups excluding carboxylic acids is 2. The van der Waals surface area contributed by atoms with Crippen molar-refractivity contribution in [3.05, 3.63) is 71.1 Å². The summed E-state index contributed by atoms with van der Waals surface area (Å²) < 4.78 is 10.0. The minimum Gasteiger partial charge on any atom is -0.454 e. The minimum absolute atomic E-state index is 0.151. The van der Waals surface area contributed by atoms with E-state index in [1.54, 1.807) is 54.6 Å². The lowest BCUT2D eigenvalue weighted by atomic mass is 10.2. The van der Waals surface area contributed by atoms with Crippen molar-refractivity contribution in [2.75, 3.05) is 6.54 Å². The number of halogens is 1. The Morgan fingerprint density at radius 1 is 1.08 bits per heavy atom. The van der Waals surface area contributed by atoms with Crippen LogP contribution in [0.3, 0.4) is 0 Å². The smallest absolute Gasteiger partial charge is 0.325 e. The summed E-state index contributed by atoms with van der Waals surface area (Å²) >= 11 is 5.83. The van der Waals surface area contributed by atoms with Gasteiger partial charge in [-0.25, -0.2) is 0 Å². The number of rotatable bonds is 6. The Morgan fingerprint density at radius 3 is 2.54 bits per heavy atom. The van der Waals surface area contributed by atoms with Gasteiger partial charge in [-0.15, -0.1) is 0 Å². The van der Waals surface area contributed by atoms with E-state index in [4.69, 9.17) is 20.9 Å². The minimum atomic E-state index is -0.611. The van der Waals surface area contributed by atoms with E-state index in [-0.39, 0.29) is 24.9 Å². The van der Waals surface area contributed by atoms with Crippen molar-refractivity contribution in [2.24, 2.45) is 0 Å². The summed E-state index contributed by atoms with van der Waals surface area (Å²) in [5.41, 5.74) is 1.19. The predicted molar refractivity (Wildman–Crippen MR) is 93.3 cm³/mol. The lowest BCUT2D eigenvalue weighted by molar-refractivity contribution is -0.144. The van der Waals surface area contributed by atoms with Gasteiger partial charge >= 0.3 is 5.97 Å². The van der Waals surface area contributed by atoms with Crippen molar-refractivity contribution in [2.45, 2.75) is 6.61 Å². The van der Waals surface area contributed by atoms with Crippen LogP contribution in [0.4, 0.5) is 0 Å². The number of carbonyl (C=O) groups is 2. The highest BCUT2D eigenvalue weighted by Gasteiger charge is 2.12. The van der Waals surface area contributed by atoms with E-state index in [9.17, 15) is 9.59 Å². The Balaban J connectivity index is 1.47. The molecule has 1 heterocycles. The largest absolute Gasteiger partial charge is 0.454 e. The highest BCUT2D eigenvalue weighted by Crippen LogP contribution is 2.18. The molecule has 7 nitrogen and oxygen atoms in total. The molecule has 0 saturated carbocycles. The summed E-state index contributed by atoms with van der Waals surface area (Å²) in [6, 6.07) is 15.5. The summed E-state index contributed by atoms with van der Waals surface area (Å²) in [5, 5.41) is 6.90. The monoisotopic (exact) mass is 371 g/mol. The molecule has 1 amide bonds. The number of ether oxygens (including phenoxy) is 1. The van der Waals surface area contributed by atoms with Gasteiger partial charge in [0.2, 0.25) is 5.82 Å². The van der Waals surface area contributed by atoms with Gasteiger partial charge in [-0.2, -0.15) is 4.98 Å². The predicted octanol–water partition coefficient (Wildman–Crippen LogP) is 2.86. The molecular formula is C18H14ClN3O4. The van der Waals surface area contributed by atoms with Crippen LogP contribution < -0.4 is 5.32 Å². The summed E-state index contributed by atoms with van der Waals surface area (Å²) in [5.74, 6) is -0.450. The normalized spacial score (nSPS) is 10.3. The molecule has 26 heavy (non-hydrogen) atoms. The fraction of sp³-hybridized carbons (Fsp3) is 0.111. The van der Waals surface area contributed by atoms with Crippen molar-refractivity contribution in [1.82, 2.24) is 15.5 Å². The third kappa shape index (κ3) is 4.67. The zero-order valence-electron chi connectivity index (χ0n) is 13.5. The molecule has 132 valence electrons. The standard InChI is InChI=1S/C18H14ClN3O4/c19-14-8-6-12(7-9-14)17-21-15(26-22-17)11-25-16(23)10-20-18(24)13-4-2-1-3-5-13/h1-9H,10-11H2,(H,20,24). The van der Waals surface area contributed by atoms with Gasteiger partial charge in [-0.3, -0.25) is 9.59 Å². The molecule has 3 rings (SSSR count). The summed E-state index contributed by atoms with van der Waals surface area (Å²) in [6.07, 6.45) is 0. The lowest BCUT2D eigenvalue weighted by Gasteiger charge is -2.04. The van der Waals surface area contributed by atoms with E-state index in [1.807, 2.05) is 0 Å². The Labute approximate surface area is 153 Å². The summed E-state index contributed by atoms with van der Waals surface area (Å²) in [6.45, 7) is -0.438. The molecule has 1 aromatic heterocycles. The van der Waals surface area contributed by atoms with Gasteiger partial charge < -0.3 is 14.6 Å². The van der Waals surface area contributed by atoms with Gasteiger partial charge in [0.25, 0.3) is 11.8 Å². The lowest BCUT2D eigenvalue weighted by Crippen LogP contribution is -2.30. The van der Waals surface area contributed by atoms with Crippen molar-refractivity contribution in [3.63, 3.8) is 0 Å². The molecule has 3 aromatic rings. The van der Waals surface area contributed by atoms with E-state index in [0.717, 1.165) is 5.56 Å². The Kier molecular flexibility index (Phi) is 5.60. The van der Waals surface area contributed by atoms with Crippen LogP contribution in [0.1, 0.15) is 16.2 Å². The number of aromatic nitrogens is 2. The number of amides is 1. The molecule has 0 aliphatic heterocycles. The van der Waals surface area contributed by atoms with Crippen molar-refractivity contribution < 1.29 is 18.8 Å². The second-order valence-corrected chi connectivity index (χ2v) is 5.66. The molecule has 0 aliphatic rings. The van der Waals surface area contributed by atoms with E-state index in [2.05, 4.69) is 15.5 Å². The molecule has 0 unspecified atom stereocenters. The fourth-order valence-electron chi connectivity index (χ4n) is 2.07. The molecule has 0 fully saturated rings. The van der Waals surface area contributed by atoms with E-state index in [0.29, 0.717) is 16.4 Å². The van der Waals surface area contributed by atoms with Crippen molar-refractivity contribution in [1.29, 1.82) is 0 Å². The van der Waals surface area contributed by atoms with Crippen LogP contribution in [0.25, 0.3) is 11.4 Å². The number of hydrogen-bond acceptors (Lipinski definition) is 6. The zero-order valence-corrected chi connectivity index (χ0v) is 14.3. The van der Waals surface area contributed by atoms with Crippen LogP contribution in [0.5, 0.6) is 0 Å². The maximum Gasteiger partial charge on any atom is 0.325 e. The number of hydrogen-bond donors (Lipinski definition) is 1. The first-order valence-corrected chi connectivity index (χ1v) is 8.07. The molecule has 0 bridgehead atoms. The van der Waals surface area contributed by atoms with Crippen LogP contribution in [-0.4, -0.2) is 28.6 Å². The highest BCUT2D eigenvalue weighted by atomic mass is 35.5. The SMILES string of the molecule is O=C(CNC(=O)c1ccccc1)OCc1nc(-c2ccc(Cl)cc2)no1. The molecule has 2 aromatic carbocycles. The second-order valence-electron chi connectivity index (χ2n) is 5.23. The van der Waals surface area contributed by atoms with Crippen LogP contribution in [-0.2, 0) is 16.1 Å². The molecule has 0 atom stereocenters. The van der Waals surface area contributed by atoms with Gasteiger partial charge in [0.05, 0.1) is 0 Å². The molecule has 0 spiro atoms. The number of benzene rings is 2. The average molecular weight is 372 g/mol. The van der Waals surface area contributed by atoms with E-state index in [1.165, 1.54) is 0 Å².